The Morgan fingerprint density at radius 3 is 2.29 bits per heavy atom. The number of nitro groups is 1. The van der Waals surface area contributed by atoms with Crippen molar-refractivity contribution in [2.24, 2.45) is 0 Å². The van der Waals surface area contributed by atoms with E-state index in [4.69, 9.17) is 11.6 Å². The highest BCUT2D eigenvalue weighted by Crippen LogP contribution is 2.26. The molecule has 2 amide bonds. The van der Waals surface area contributed by atoms with Crippen LogP contribution in [0.5, 0.6) is 0 Å². The number of halogens is 1. The normalized spacial score (nSPS) is 13.5. The number of carbonyl (C=O) groups excluding carboxylic acids is 2. The van der Waals surface area contributed by atoms with Crippen LogP contribution in [0.4, 0.5) is 17.1 Å². The summed E-state index contributed by atoms with van der Waals surface area (Å²) in [5.74, 6) is -0.408. The van der Waals surface area contributed by atoms with E-state index in [1.165, 1.54) is 12.1 Å². The summed E-state index contributed by atoms with van der Waals surface area (Å²) in [6.45, 7) is 4.61. The monoisotopic (exact) mass is 478 g/mol. The summed E-state index contributed by atoms with van der Waals surface area (Å²) in [6, 6.07) is 18.9. The number of piperazine rings is 1. The lowest BCUT2D eigenvalue weighted by atomic mass is 10.1. The van der Waals surface area contributed by atoms with Crippen LogP contribution in [0, 0.1) is 17.0 Å². The Morgan fingerprint density at radius 1 is 0.971 bits per heavy atom. The fourth-order valence-corrected chi connectivity index (χ4v) is 4.09. The van der Waals surface area contributed by atoms with E-state index in [1.807, 2.05) is 48.2 Å². The van der Waals surface area contributed by atoms with Crippen LogP contribution in [0.15, 0.2) is 66.7 Å². The van der Waals surface area contributed by atoms with Crippen LogP contribution < -0.4 is 10.2 Å². The van der Waals surface area contributed by atoms with Gasteiger partial charge >= 0.3 is 0 Å². The van der Waals surface area contributed by atoms with E-state index in [0.717, 1.165) is 22.9 Å². The van der Waals surface area contributed by atoms with Crippen molar-refractivity contribution >= 4 is 40.5 Å². The van der Waals surface area contributed by atoms with Crippen molar-refractivity contribution in [2.75, 3.05) is 36.4 Å². The molecule has 1 aliphatic heterocycles. The summed E-state index contributed by atoms with van der Waals surface area (Å²) in [4.78, 5) is 39.8. The zero-order valence-corrected chi connectivity index (χ0v) is 19.3. The fraction of sp³-hybridized carbons (Fsp3) is 0.200. The lowest BCUT2D eigenvalue weighted by Crippen LogP contribution is -2.48. The Labute approximate surface area is 201 Å². The van der Waals surface area contributed by atoms with Gasteiger partial charge in [-0.25, -0.2) is 0 Å². The van der Waals surface area contributed by atoms with Gasteiger partial charge in [-0.1, -0.05) is 29.8 Å². The van der Waals surface area contributed by atoms with E-state index < -0.39 is 10.8 Å². The van der Waals surface area contributed by atoms with Gasteiger partial charge in [0, 0.05) is 54.7 Å². The van der Waals surface area contributed by atoms with Crippen LogP contribution in [0.1, 0.15) is 26.3 Å². The molecule has 9 heteroatoms. The minimum atomic E-state index is -0.623. The van der Waals surface area contributed by atoms with Gasteiger partial charge in [-0.15, -0.1) is 0 Å². The Bertz CT molecular complexity index is 1240. The molecule has 1 heterocycles. The molecule has 0 unspecified atom stereocenters. The minimum Gasteiger partial charge on any atom is -0.368 e. The first-order chi connectivity index (χ1) is 16.3. The summed E-state index contributed by atoms with van der Waals surface area (Å²) in [5.41, 5.74) is 3.10. The number of hydrogen-bond acceptors (Lipinski definition) is 5. The van der Waals surface area contributed by atoms with E-state index in [1.54, 1.807) is 12.1 Å². The number of aryl methyl sites for hydroxylation is 1. The SMILES string of the molecule is Cc1ccccc1C(=O)N1CCN(c2ccc(NC(=O)c3ccc(Cl)c([N+](=O)[O-])c3)cc2)CC1. The first-order valence-corrected chi connectivity index (χ1v) is 11.2. The largest absolute Gasteiger partial charge is 0.368 e. The Morgan fingerprint density at radius 2 is 1.65 bits per heavy atom. The Hall–Kier alpha value is -3.91. The molecule has 0 atom stereocenters. The van der Waals surface area contributed by atoms with E-state index in [2.05, 4.69) is 10.2 Å². The van der Waals surface area contributed by atoms with Crippen LogP contribution >= 0.6 is 11.6 Å². The van der Waals surface area contributed by atoms with Crippen LogP contribution in [-0.4, -0.2) is 47.8 Å². The number of carbonyl (C=O) groups is 2. The number of hydrogen-bond donors (Lipinski definition) is 1. The molecule has 1 fully saturated rings. The molecule has 1 saturated heterocycles. The molecular formula is C25H23ClN4O4. The molecule has 0 aromatic heterocycles. The number of amides is 2. The molecule has 1 aliphatic rings. The average Bonchev–Trinajstić information content (AvgIpc) is 2.84. The number of rotatable bonds is 5. The highest BCUT2D eigenvalue weighted by Gasteiger charge is 2.23. The molecule has 0 radical (unpaired) electrons. The second-order valence-corrected chi connectivity index (χ2v) is 8.43. The van der Waals surface area contributed by atoms with Crippen LogP contribution in [-0.2, 0) is 0 Å². The predicted molar refractivity (Wildman–Crippen MR) is 132 cm³/mol. The molecule has 1 N–H and O–H groups in total. The number of nitro benzene ring substituents is 1. The Kier molecular flexibility index (Phi) is 6.79. The van der Waals surface area contributed by atoms with E-state index in [0.29, 0.717) is 31.9 Å². The molecule has 3 aromatic carbocycles. The molecule has 3 aromatic rings. The number of nitrogens with zero attached hydrogens (tertiary/aromatic N) is 3. The van der Waals surface area contributed by atoms with Gasteiger partial charge in [-0.2, -0.15) is 0 Å². The molecule has 8 nitrogen and oxygen atoms in total. The fourth-order valence-electron chi connectivity index (χ4n) is 3.90. The van der Waals surface area contributed by atoms with Crippen molar-refractivity contribution in [3.8, 4) is 0 Å². The van der Waals surface area contributed by atoms with Crippen molar-refractivity contribution in [1.82, 2.24) is 4.90 Å². The third-order valence-corrected chi connectivity index (χ3v) is 6.16. The molecule has 0 aliphatic carbocycles. The zero-order chi connectivity index (χ0) is 24.2. The van der Waals surface area contributed by atoms with Gasteiger partial charge in [-0.05, 0) is 55.0 Å². The summed E-state index contributed by atoms with van der Waals surface area (Å²) in [5, 5.41) is 13.8. The summed E-state index contributed by atoms with van der Waals surface area (Å²) >= 11 is 5.81. The Balaban J connectivity index is 1.36. The number of anilines is 2. The smallest absolute Gasteiger partial charge is 0.288 e. The van der Waals surface area contributed by atoms with Crippen molar-refractivity contribution in [1.29, 1.82) is 0 Å². The molecular weight excluding hydrogens is 456 g/mol. The average molecular weight is 479 g/mol. The van der Waals surface area contributed by atoms with Crippen molar-refractivity contribution < 1.29 is 14.5 Å². The van der Waals surface area contributed by atoms with Gasteiger partial charge in [0.1, 0.15) is 5.02 Å². The maximum Gasteiger partial charge on any atom is 0.288 e. The highest BCUT2D eigenvalue weighted by atomic mass is 35.5. The summed E-state index contributed by atoms with van der Waals surface area (Å²) in [7, 11) is 0. The maximum atomic E-state index is 12.8. The van der Waals surface area contributed by atoms with Gasteiger partial charge in [0.15, 0.2) is 0 Å². The second-order valence-electron chi connectivity index (χ2n) is 8.02. The molecule has 174 valence electrons. The summed E-state index contributed by atoms with van der Waals surface area (Å²) in [6.07, 6.45) is 0. The molecule has 34 heavy (non-hydrogen) atoms. The second kappa shape index (κ2) is 9.93. The minimum absolute atomic E-state index is 0.0217. The predicted octanol–water partition coefficient (Wildman–Crippen LogP) is 4.77. The third-order valence-electron chi connectivity index (χ3n) is 5.84. The highest BCUT2D eigenvalue weighted by molar-refractivity contribution is 6.32. The van der Waals surface area contributed by atoms with Crippen LogP contribution in [0.25, 0.3) is 0 Å². The third kappa shape index (κ3) is 5.02. The molecule has 0 bridgehead atoms. The zero-order valence-electron chi connectivity index (χ0n) is 18.5. The van der Waals surface area contributed by atoms with Gasteiger partial charge < -0.3 is 15.1 Å². The van der Waals surface area contributed by atoms with Crippen molar-refractivity contribution in [2.45, 2.75) is 6.92 Å². The van der Waals surface area contributed by atoms with Crippen molar-refractivity contribution in [3.63, 3.8) is 0 Å². The van der Waals surface area contributed by atoms with Crippen LogP contribution in [0.3, 0.4) is 0 Å². The van der Waals surface area contributed by atoms with Crippen molar-refractivity contribution in [3.05, 3.63) is 98.6 Å². The first kappa shape index (κ1) is 23.3. The van der Waals surface area contributed by atoms with Crippen LogP contribution in [0.2, 0.25) is 5.02 Å². The number of benzene rings is 3. The van der Waals surface area contributed by atoms with Gasteiger partial charge in [0.05, 0.1) is 4.92 Å². The number of nitrogens with one attached hydrogen (secondary N) is 1. The van der Waals surface area contributed by atoms with Gasteiger partial charge in [-0.3, -0.25) is 19.7 Å². The maximum absolute atomic E-state index is 12.8. The quantitative estimate of drug-likeness (QED) is 0.421. The molecule has 0 saturated carbocycles. The topological polar surface area (TPSA) is 95.8 Å². The first-order valence-electron chi connectivity index (χ1n) is 10.8. The van der Waals surface area contributed by atoms with Gasteiger partial charge in [0.25, 0.3) is 17.5 Å². The van der Waals surface area contributed by atoms with Gasteiger partial charge in [0.2, 0.25) is 0 Å². The standard InChI is InChI=1S/C25H23ClN4O4/c1-17-4-2-3-5-21(17)25(32)29-14-12-28(13-15-29)20-9-7-19(8-10-20)27-24(31)18-6-11-22(26)23(16-18)30(33)34/h2-11,16H,12-15H2,1H3,(H,27,31). The molecule has 4 rings (SSSR count). The lowest BCUT2D eigenvalue weighted by Gasteiger charge is -2.36. The van der Waals surface area contributed by atoms with E-state index in [9.17, 15) is 19.7 Å². The van der Waals surface area contributed by atoms with E-state index in [-0.39, 0.29) is 22.2 Å². The molecule has 0 spiro atoms. The van der Waals surface area contributed by atoms with E-state index >= 15 is 0 Å². The summed E-state index contributed by atoms with van der Waals surface area (Å²) < 4.78 is 0. The lowest BCUT2D eigenvalue weighted by molar-refractivity contribution is -0.384.